The highest BCUT2D eigenvalue weighted by molar-refractivity contribution is 5.93. The second-order valence-electron chi connectivity index (χ2n) is 6.45. The van der Waals surface area contributed by atoms with Crippen molar-refractivity contribution in [1.29, 1.82) is 0 Å². The molecule has 4 rings (SSSR count). The van der Waals surface area contributed by atoms with Crippen LogP contribution in [0.3, 0.4) is 0 Å². The van der Waals surface area contributed by atoms with Gasteiger partial charge in [0.15, 0.2) is 0 Å². The zero-order valence-electron chi connectivity index (χ0n) is 14.1. The van der Waals surface area contributed by atoms with Crippen molar-refractivity contribution in [2.75, 3.05) is 18.5 Å². The molecule has 134 valence electrons. The molecule has 2 aromatic carbocycles. The number of fused-ring (bicyclic) bond motifs is 2. The molecule has 3 amide bonds. The summed E-state index contributed by atoms with van der Waals surface area (Å²) in [5, 5.41) is 11.7. The van der Waals surface area contributed by atoms with E-state index in [9.17, 15) is 9.59 Å². The highest BCUT2D eigenvalue weighted by atomic mass is 16.5. The lowest BCUT2D eigenvalue weighted by Crippen LogP contribution is -2.39. The van der Waals surface area contributed by atoms with Crippen LogP contribution in [0.5, 0.6) is 5.75 Å². The number of urea groups is 1. The van der Waals surface area contributed by atoms with Crippen molar-refractivity contribution in [3.63, 3.8) is 0 Å². The van der Waals surface area contributed by atoms with E-state index in [0.717, 1.165) is 34.5 Å². The maximum absolute atomic E-state index is 12.6. The molecule has 3 N–H and O–H groups in total. The van der Waals surface area contributed by atoms with Gasteiger partial charge >= 0.3 is 6.03 Å². The molecule has 2 aromatic rings. The van der Waals surface area contributed by atoms with E-state index in [4.69, 9.17) is 9.94 Å². The molecule has 2 heterocycles. The van der Waals surface area contributed by atoms with Crippen LogP contribution in [0.25, 0.3) is 0 Å². The highest BCUT2D eigenvalue weighted by Crippen LogP contribution is 2.28. The average Bonchev–Trinajstić information content (AvgIpc) is 3.14. The lowest BCUT2D eigenvalue weighted by atomic mass is 9.97. The normalized spacial score (nSPS) is 14.9. The Morgan fingerprint density at radius 3 is 2.77 bits per heavy atom. The van der Waals surface area contributed by atoms with Crippen molar-refractivity contribution >= 4 is 17.6 Å². The van der Waals surface area contributed by atoms with Crippen molar-refractivity contribution in [3.05, 3.63) is 58.7 Å². The molecule has 0 atom stereocenters. The Morgan fingerprint density at radius 1 is 1.04 bits per heavy atom. The molecular formula is C19H19N3O4. The van der Waals surface area contributed by atoms with Crippen molar-refractivity contribution in [2.24, 2.45) is 0 Å². The molecule has 0 fully saturated rings. The van der Waals surface area contributed by atoms with E-state index >= 15 is 0 Å². The van der Waals surface area contributed by atoms with Gasteiger partial charge in [-0.15, -0.1) is 0 Å². The number of ether oxygens (including phenoxy) is 1. The number of anilines is 1. The van der Waals surface area contributed by atoms with Crippen LogP contribution in [0.1, 0.15) is 27.0 Å². The zero-order chi connectivity index (χ0) is 18.1. The van der Waals surface area contributed by atoms with Crippen LogP contribution in [0, 0.1) is 0 Å². The molecule has 0 aromatic heterocycles. The van der Waals surface area contributed by atoms with Gasteiger partial charge in [0.25, 0.3) is 5.91 Å². The topological polar surface area (TPSA) is 90.9 Å². The summed E-state index contributed by atoms with van der Waals surface area (Å²) in [6.07, 6.45) is 1.52. The molecule has 0 bridgehead atoms. The number of carbonyl (C=O) groups excluding carboxylic acids is 2. The summed E-state index contributed by atoms with van der Waals surface area (Å²) in [5.41, 5.74) is 5.94. The Balaban J connectivity index is 1.45. The Kier molecular flexibility index (Phi) is 4.22. The third-order valence-electron chi connectivity index (χ3n) is 4.81. The van der Waals surface area contributed by atoms with Crippen LogP contribution in [0.2, 0.25) is 0 Å². The second kappa shape index (κ2) is 6.68. The Bertz CT molecular complexity index is 881. The van der Waals surface area contributed by atoms with E-state index < -0.39 is 5.91 Å². The van der Waals surface area contributed by atoms with Crippen LogP contribution < -0.4 is 15.5 Å². The first-order valence-electron chi connectivity index (χ1n) is 8.52. The van der Waals surface area contributed by atoms with Gasteiger partial charge in [0.05, 0.1) is 6.61 Å². The summed E-state index contributed by atoms with van der Waals surface area (Å²) < 4.78 is 5.48. The minimum absolute atomic E-state index is 0.147. The van der Waals surface area contributed by atoms with Crippen LogP contribution in [-0.2, 0) is 19.4 Å². The van der Waals surface area contributed by atoms with E-state index in [1.54, 1.807) is 22.5 Å². The van der Waals surface area contributed by atoms with Crippen LogP contribution in [0.15, 0.2) is 36.4 Å². The van der Waals surface area contributed by atoms with Gasteiger partial charge in [0.1, 0.15) is 5.75 Å². The first kappa shape index (κ1) is 16.4. The van der Waals surface area contributed by atoms with E-state index in [2.05, 4.69) is 5.32 Å². The molecule has 0 unspecified atom stereocenters. The van der Waals surface area contributed by atoms with E-state index in [1.807, 2.05) is 24.3 Å². The fraction of sp³-hybridized carbons (Fsp3) is 0.263. The molecule has 26 heavy (non-hydrogen) atoms. The number of nitrogens with one attached hydrogen (secondary N) is 2. The van der Waals surface area contributed by atoms with Gasteiger partial charge in [-0.1, -0.05) is 6.07 Å². The fourth-order valence-corrected chi connectivity index (χ4v) is 3.40. The van der Waals surface area contributed by atoms with Gasteiger partial charge in [-0.05, 0) is 53.4 Å². The van der Waals surface area contributed by atoms with Gasteiger partial charge in [-0.2, -0.15) is 0 Å². The fourth-order valence-electron chi connectivity index (χ4n) is 3.40. The van der Waals surface area contributed by atoms with E-state index in [1.165, 1.54) is 0 Å². The first-order valence-corrected chi connectivity index (χ1v) is 8.52. The Labute approximate surface area is 150 Å². The number of benzene rings is 2. The minimum Gasteiger partial charge on any atom is -0.493 e. The quantitative estimate of drug-likeness (QED) is 0.571. The largest absolute Gasteiger partial charge is 0.493 e. The molecular weight excluding hydrogens is 334 g/mol. The number of amides is 3. The van der Waals surface area contributed by atoms with Crippen LogP contribution >= 0.6 is 0 Å². The lowest BCUT2D eigenvalue weighted by Gasteiger charge is -2.29. The molecule has 0 aliphatic carbocycles. The average molecular weight is 353 g/mol. The van der Waals surface area contributed by atoms with Gasteiger partial charge in [-0.25, -0.2) is 10.3 Å². The Hall–Kier alpha value is -3.06. The van der Waals surface area contributed by atoms with Crippen LogP contribution in [0.4, 0.5) is 10.5 Å². The van der Waals surface area contributed by atoms with Crippen molar-refractivity contribution < 1.29 is 19.5 Å². The smallest absolute Gasteiger partial charge is 0.322 e. The summed E-state index contributed by atoms with van der Waals surface area (Å²) >= 11 is 0. The summed E-state index contributed by atoms with van der Waals surface area (Å²) in [5.74, 6) is 0.353. The van der Waals surface area contributed by atoms with Gasteiger partial charge in [-0.3, -0.25) is 10.0 Å². The third-order valence-corrected chi connectivity index (χ3v) is 4.81. The van der Waals surface area contributed by atoms with E-state index in [0.29, 0.717) is 31.7 Å². The number of carbonyl (C=O) groups is 2. The summed E-state index contributed by atoms with van der Waals surface area (Å²) in [7, 11) is 0. The Morgan fingerprint density at radius 2 is 1.92 bits per heavy atom. The summed E-state index contributed by atoms with van der Waals surface area (Å²) in [4.78, 5) is 25.8. The number of hydroxylamine groups is 1. The summed E-state index contributed by atoms with van der Waals surface area (Å²) in [6, 6.07) is 10.8. The van der Waals surface area contributed by atoms with E-state index in [-0.39, 0.29) is 6.03 Å². The number of nitrogens with zero attached hydrogens (tertiary/aromatic N) is 1. The molecule has 0 spiro atoms. The molecule has 0 radical (unpaired) electrons. The second-order valence-corrected chi connectivity index (χ2v) is 6.45. The third kappa shape index (κ3) is 3.09. The molecule has 7 heteroatoms. The molecule has 2 aliphatic heterocycles. The predicted molar refractivity (Wildman–Crippen MR) is 94.5 cm³/mol. The van der Waals surface area contributed by atoms with Crippen LogP contribution in [-0.4, -0.2) is 35.2 Å². The van der Waals surface area contributed by atoms with Gasteiger partial charge in [0.2, 0.25) is 0 Å². The zero-order valence-corrected chi connectivity index (χ0v) is 14.1. The lowest BCUT2D eigenvalue weighted by molar-refractivity contribution is 0.0706. The van der Waals surface area contributed by atoms with Crippen molar-refractivity contribution in [1.82, 2.24) is 10.4 Å². The minimum atomic E-state index is -0.534. The van der Waals surface area contributed by atoms with Gasteiger partial charge in [0, 0.05) is 30.8 Å². The number of hydrogen-bond donors (Lipinski definition) is 3. The highest BCUT2D eigenvalue weighted by Gasteiger charge is 2.22. The predicted octanol–water partition coefficient (Wildman–Crippen LogP) is 2.33. The number of rotatable bonds is 2. The number of hydrogen-bond acceptors (Lipinski definition) is 4. The van der Waals surface area contributed by atoms with Gasteiger partial charge < -0.3 is 15.0 Å². The van der Waals surface area contributed by atoms with Crippen molar-refractivity contribution in [3.8, 4) is 5.75 Å². The summed E-state index contributed by atoms with van der Waals surface area (Å²) in [6.45, 7) is 1.74. The molecule has 0 saturated carbocycles. The molecule has 0 saturated heterocycles. The first-order chi connectivity index (χ1) is 12.6. The van der Waals surface area contributed by atoms with Crippen molar-refractivity contribution in [2.45, 2.75) is 19.4 Å². The standard InChI is InChI=1S/C19H19N3O4/c23-18(21-25)14-1-2-15-11-22(7-5-12(15)9-14)19(24)20-16-3-4-17-13(10-16)6-8-26-17/h1-4,9-10,25H,5-8,11H2,(H,20,24)(H,21,23). The maximum atomic E-state index is 12.6. The SMILES string of the molecule is O=C(NO)c1ccc2c(c1)CCN(C(=O)Nc1ccc3c(c1)CCO3)C2. The monoisotopic (exact) mass is 353 g/mol. The molecule has 7 nitrogen and oxygen atoms in total. The maximum Gasteiger partial charge on any atom is 0.322 e. The molecule has 2 aliphatic rings.